The van der Waals surface area contributed by atoms with Crippen molar-refractivity contribution in [2.24, 2.45) is 23.7 Å². The molecule has 3 rings (SSSR count). The van der Waals surface area contributed by atoms with Crippen molar-refractivity contribution < 1.29 is 9.53 Å². The van der Waals surface area contributed by atoms with E-state index in [0.717, 1.165) is 12.5 Å². The Morgan fingerprint density at radius 2 is 2.09 bits per heavy atom. The fraction of sp³-hybridized carbons (Fsp3) is 0.889. The molecule has 3 aliphatic rings. The predicted octanol–water partition coefficient (Wildman–Crippen LogP) is 1.21. The molecule has 2 aliphatic carbocycles. The summed E-state index contributed by atoms with van der Waals surface area (Å²) in [5.74, 6) is 2.55. The summed E-state index contributed by atoms with van der Waals surface area (Å²) >= 11 is 0. The van der Waals surface area contributed by atoms with Gasteiger partial charge < -0.3 is 4.74 Å². The van der Waals surface area contributed by atoms with Gasteiger partial charge in [-0.2, -0.15) is 0 Å². The molecule has 0 aromatic heterocycles. The van der Waals surface area contributed by atoms with E-state index in [2.05, 4.69) is 0 Å². The van der Waals surface area contributed by atoms with Gasteiger partial charge in [0.25, 0.3) is 0 Å². The van der Waals surface area contributed by atoms with Gasteiger partial charge in [-0.3, -0.25) is 4.79 Å². The van der Waals surface area contributed by atoms with E-state index in [9.17, 15) is 4.79 Å². The molecule has 2 heteroatoms. The van der Waals surface area contributed by atoms with Crippen LogP contribution in [0.5, 0.6) is 0 Å². The highest BCUT2D eigenvalue weighted by Crippen LogP contribution is 2.54. The lowest BCUT2D eigenvalue weighted by atomic mass is 9.81. The Morgan fingerprint density at radius 3 is 2.91 bits per heavy atom. The monoisotopic (exact) mass is 152 g/mol. The first-order chi connectivity index (χ1) is 5.36. The van der Waals surface area contributed by atoms with Crippen molar-refractivity contribution >= 4 is 5.97 Å². The molecule has 2 bridgehead atoms. The molecule has 0 radical (unpaired) electrons. The summed E-state index contributed by atoms with van der Waals surface area (Å²) in [4.78, 5) is 11.2. The Balaban J connectivity index is 1.97. The van der Waals surface area contributed by atoms with Crippen LogP contribution in [0.3, 0.4) is 0 Å². The van der Waals surface area contributed by atoms with Crippen molar-refractivity contribution in [3.8, 4) is 0 Å². The average Bonchev–Trinajstić information content (AvgIpc) is 2.60. The van der Waals surface area contributed by atoms with E-state index in [0.29, 0.717) is 17.8 Å². The highest BCUT2D eigenvalue weighted by Gasteiger charge is 2.54. The molecule has 2 saturated carbocycles. The van der Waals surface area contributed by atoms with Crippen LogP contribution in [0.1, 0.15) is 19.3 Å². The SMILES string of the molecule is O=C1OC[C@H]2[C@H]3CC[C@H](C3)[C@@H]12. The molecule has 60 valence electrons. The Hall–Kier alpha value is -0.530. The molecule has 2 nitrogen and oxygen atoms in total. The lowest BCUT2D eigenvalue weighted by Crippen LogP contribution is -2.22. The summed E-state index contributed by atoms with van der Waals surface area (Å²) in [6.07, 6.45) is 3.94. The predicted molar refractivity (Wildman–Crippen MR) is 38.8 cm³/mol. The standard InChI is InChI=1S/C9H12O2/c10-9-8-6-2-1-5(3-6)7(8)4-11-9/h5-8H,1-4H2/t5-,6+,7-,8+/m0/s1. The van der Waals surface area contributed by atoms with Gasteiger partial charge in [-0.15, -0.1) is 0 Å². The van der Waals surface area contributed by atoms with Crippen LogP contribution < -0.4 is 0 Å². The van der Waals surface area contributed by atoms with E-state index in [1.165, 1.54) is 19.3 Å². The van der Waals surface area contributed by atoms with Crippen molar-refractivity contribution in [3.05, 3.63) is 0 Å². The second kappa shape index (κ2) is 1.79. The number of esters is 1. The number of ether oxygens (including phenoxy) is 1. The van der Waals surface area contributed by atoms with Gasteiger partial charge in [0.15, 0.2) is 0 Å². The summed E-state index contributed by atoms with van der Waals surface area (Å²) in [6, 6.07) is 0. The maximum Gasteiger partial charge on any atom is 0.309 e. The molecule has 3 fully saturated rings. The maximum absolute atomic E-state index is 11.2. The molecule has 1 heterocycles. The molecule has 0 aromatic carbocycles. The topological polar surface area (TPSA) is 26.3 Å². The minimum absolute atomic E-state index is 0.0993. The highest BCUT2D eigenvalue weighted by atomic mass is 16.5. The van der Waals surface area contributed by atoms with E-state index in [-0.39, 0.29) is 5.97 Å². The molecule has 1 saturated heterocycles. The Bertz CT molecular complexity index is 212. The molecular formula is C9H12O2. The van der Waals surface area contributed by atoms with Crippen LogP contribution in [-0.2, 0) is 9.53 Å². The number of cyclic esters (lactones) is 1. The van der Waals surface area contributed by atoms with Crippen molar-refractivity contribution in [1.82, 2.24) is 0 Å². The van der Waals surface area contributed by atoms with Gasteiger partial charge in [0.2, 0.25) is 0 Å². The zero-order valence-corrected chi connectivity index (χ0v) is 6.45. The third-order valence-corrected chi connectivity index (χ3v) is 3.78. The summed E-state index contributed by atoms with van der Waals surface area (Å²) in [5.41, 5.74) is 0. The van der Waals surface area contributed by atoms with Gasteiger partial charge in [-0.05, 0) is 31.1 Å². The fourth-order valence-corrected chi connectivity index (χ4v) is 3.29. The molecule has 0 amide bonds. The third-order valence-electron chi connectivity index (χ3n) is 3.78. The normalized spacial score (nSPS) is 52.9. The summed E-state index contributed by atoms with van der Waals surface area (Å²) in [7, 11) is 0. The van der Waals surface area contributed by atoms with E-state index in [1.807, 2.05) is 0 Å². The first-order valence-corrected chi connectivity index (χ1v) is 4.53. The molecule has 11 heavy (non-hydrogen) atoms. The van der Waals surface area contributed by atoms with E-state index in [1.54, 1.807) is 0 Å². The molecule has 4 atom stereocenters. The Morgan fingerprint density at radius 1 is 1.27 bits per heavy atom. The van der Waals surface area contributed by atoms with Crippen molar-refractivity contribution in [1.29, 1.82) is 0 Å². The Labute approximate surface area is 65.9 Å². The summed E-state index contributed by atoms with van der Waals surface area (Å²) in [5, 5.41) is 0. The zero-order valence-electron chi connectivity index (χ0n) is 6.45. The van der Waals surface area contributed by atoms with Crippen LogP contribution in [0.2, 0.25) is 0 Å². The minimum atomic E-state index is 0.0993. The van der Waals surface area contributed by atoms with Crippen LogP contribution in [0, 0.1) is 23.7 Å². The van der Waals surface area contributed by atoms with Gasteiger partial charge in [-0.1, -0.05) is 0 Å². The molecule has 1 aliphatic heterocycles. The average molecular weight is 152 g/mol. The van der Waals surface area contributed by atoms with Gasteiger partial charge in [-0.25, -0.2) is 0 Å². The molecule has 0 aromatic rings. The van der Waals surface area contributed by atoms with Crippen LogP contribution in [-0.4, -0.2) is 12.6 Å². The molecule has 0 spiro atoms. The van der Waals surface area contributed by atoms with Gasteiger partial charge in [0.05, 0.1) is 12.5 Å². The van der Waals surface area contributed by atoms with Crippen molar-refractivity contribution in [2.75, 3.05) is 6.61 Å². The molecule has 0 unspecified atom stereocenters. The highest BCUT2D eigenvalue weighted by molar-refractivity contribution is 5.75. The smallest absolute Gasteiger partial charge is 0.309 e. The second-order valence-corrected chi connectivity index (χ2v) is 4.15. The minimum Gasteiger partial charge on any atom is -0.465 e. The summed E-state index contributed by atoms with van der Waals surface area (Å²) < 4.78 is 5.06. The fourth-order valence-electron chi connectivity index (χ4n) is 3.29. The lowest BCUT2D eigenvalue weighted by molar-refractivity contribution is -0.142. The maximum atomic E-state index is 11.2. The lowest BCUT2D eigenvalue weighted by Gasteiger charge is -2.19. The van der Waals surface area contributed by atoms with Gasteiger partial charge in [0.1, 0.15) is 0 Å². The quantitative estimate of drug-likeness (QED) is 0.487. The Kier molecular flexibility index (Phi) is 0.984. The van der Waals surface area contributed by atoms with Gasteiger partial charge >= 0.3 is 5.97 Å². The number of hydrogen-bond donors (Lipinski definition) is 0. The first kappa shape index (κ1) is 6.04. The van der Waals surface area contributed by atoms with Crippen LogP contribution in [0.25, 0.3) is 0 Å². The summed E-state index contributed by atoms with van der Waals surface area (Å²) in [6.45, 7) is 0.727. The van der Waals surface area contributed by atoms with E-state index >= 15 is 0 Å². The number of rotatable bonds is 0. The number of fused-ring (bicyclic) bond motifs is 5. The van der Waals surface area contributed by atoms with Crippen LogP contribution in [0.15, 0.2) is 0 Å². The van der Waals surface area contributed by atoms with Crippen LogP contribution >= 0.6 is 0 Å². The molecule has 0 N–H and O–H groups in total. The van der Waals surface area contributed by atoms with Crippen molar-refractivity contribution in [3.63, 3.8) is 0 Å². The van der Waals surface area contributed by atoms with E-state index < -0.39 is 0 Å². The van der Waals surface area contributed by atoms with Gasteiger partial charge in [0, 0.05) is 5.92 Å². The number of hydrogen-bond acceptors (Lipinski definition) is 2. The third kappa shape index (κ3) is 0.608. The largest absolute Gasteiger partial charge is 0.465 e. The number of carbonyl (C=O) groups excluding carboxylic acids is 1. The molecular weight excluding hydrogens is 140 g/mol. The number of carbonyl (C=O) groups is 1. The van der Waals surface area contributed by atoms with Crippen LogP contribution in [0.4, 0.5) is 0 Å². The zero-order chi connectivity index (χ0) is 7.42. The first-order valence-electron chi connectivity index (χ1n) is 4.53. The van der Waals surface area contributed by atoms with Crippen molar-refractivity contribution in [2.45, 2.75) is 19.3 Å². The second-order valence-electron chi connectivity index (χ2n) is 4.15. The van der Waals surface area contributed by atoms with E-state index in [4.69, 9.17) is 4.74 Å².